The molecule has 0 aromatic heterocycles. The molecule has 1 aromatic rings. The number of benzene rings is 1. The SMILES string of the molecule is COCC(=O)N1CCC(C(=O)Nc2ccc(S(N)(=O)=O)cc2)CC1. The Hall–Kier alpha value is -1.97. The van der Waals surface area contributed by atoms with E-state index in [1.807, 2.05) is 0 Å². The van der Waals surface area contributed by atoms with Crippen LogP contribution in [-0.2, 0) is 24.3 Å². The summed E-state index contributed by atoms with van der Waals surface area (Å²) < 4.78 is 27.2. The molecule has 2 amide bonds. The fraction of sp³-hybridized carbons (Fsp3) is 0.467. The molecule has 1 fully saturated rings. The molecule has 132 valence electrons. The van der Waals surface area contributed by atoms with Crippen LogP contribution in [-0.4, -0.2) is 51.9 Å². The summed E-state index contributed by atoms with van der Waals surface area (Å²) in [6.45, 7) is 1.09. The maximum atomic E-state index is 12.3. The third-order valence-electron chi connectivity index (χ3n) is 3.94. The molecule has 1 aromatic carbocycles. The summed E-state index contributed by atoms with van der Waals surface area (Å²) in [5, 5.41) is 7.78. The number of hydrogen-bond donors (Lipinski definition) is 2. The zero-order chi connectivity index (χ0) is 17.7. The van der Waals surface area contributed by atoms with Crippen LogP contribution in [0.15, 0.2) is 29.2 Å². The van der Waals surface area contributed by atoms with Crippen LogP contribution < -0.4 is 10.5 Å². The third-order valence-corrected chi connectivity index (χ3v) is 4.87. The number of piperidine rings is 1. The minimum Gasteiger partial charge on any atom is -0.375 e. The number of methoxy groups -OCH3 is 1. The lowest BCUT2D eigenvalue weighted by atomic mass is 9.95. The lowest BCUT2D eigenvalue weighted by molar-refractivity contribution is -0.138. The van der Waals surface area contributed by atoms with Gasteiger partial charge in [-0.1, -0.05) is 0 Å². The summed E-state index contributed by atoms with van der Waals surface area (Å²) in [6, 6.07) is 5.68. The van der Waals surface area contributed by atoms with Gasteiger partial charge < -0.3 is 15.0 Å². The number of ether oxygens (including phenoxy) is 1. The van der Waals surface area contributed by atoms with E-state index < -0.39 is 10.0 Å². The van der Waals surface area contributed by atoms with Gasteiger partial charge in [-0.15, -0.1) is 0 Å². The van der Waals surface area contributed by atoms with Gasteiger partial charge in [-0.2, -0.15) is 0 Å². The zero-order valence-electron chi connectivity index (χ0n) is 13.4. The van der Waals surface area contributed by atoms with Crippen LogP contribution in [0.1, 0.15) is 12.8 Å². The first kappa shape index (κ1) is 18.4. The number of amides is 2. The second-order valence-electron chi connectivity index (χ2n) is 5.65. The number of nitrogens with two attached hydrogens (primary N) is 1. The van der Waals surface area contributed by atoms with Crippen molar-refractivity contribution in [2.75, 3.05) is 32.1 Å². The van der Waals surface area contributed by atoms with Gasteiger partial charge >= 0.3 is 0 Å². The van der Waals surface area contributed by atoms with E-state index in [1.165, 1.54) is 31.4 Å². The maximum absolute atomic E-state index is 12.3. The van der Waals surface area contributed by atoms with Crippen molar-refractivity contribution in [3.63, 3.8) is 0 Å². The second kappa shape index (κ2) is 7.73. The van der Waals surface area contributed by atoms with Crippen LogP contribution in [0.2, 0.25) is 0 Å². The maximum Gasteiger partial charge on any atom is 0.248 e. The van der Waals surface area contributed by atoms with E-state index in [1.54, 1.807) is 4.90 Å². The summed E-state index contributed by atoms with van der Waals surface area (Å²) in [5.41, 5.74) is 0.505. The average Bonchev–Trinajstić information content (AvgIpc) is 2.55. The van der Waals surface area contributed by atoms with Crippen molar-refractivity contribution in [1.29, 1.82) is 0 Å². The van der Waals surface area contributed by atoms with E-state index in [9.17, 15) is 18.0 Å². The van der Waals surface area contributed by atoms with Crippen LogP contribution in [0.3, 0.4) is 0 Å². The third kappa shape index (κ3) is 4.76. The Balaban J connectivity index is 1.89. The molecule has 3 N–H and O–H groups in total. The quantitative estimate of drug-likeness (QED) is 0.780. The summed E-state index contributed by atoms with van der Waals surface area (Å²) in [7, 11) is -2.28. The number of sulfonamides is 1. The van der Waals surface area contributed by atoms with E-state index in [0.29, 0.717) is 31.6 Å². The summed E-state index contributed by atoms with van der Waals surface area (Å²) in [5.74, 6) is -0.401. The molecule has 0 saturated carbocycles. The van der Waals surface area contributed by atoms with E-state index >= 15 is 0 Å². The van der Waals surface area contributed by atoms with Crippen LogP contribution in [0.4, 0.5) is 5.69 Å². The zero-order valence-corrected chi connectivity index (χ0v) is 14.2. The van der Waals surface area contributed by atoms with Gasteiger partial charge in [0.1, 0.15) is 6.61 Å². The molecule has 24 heavy (non-hydrogen) atoms. The molecule has 0 atom stereocenters. The highest BCUT2D eigenvalue weighted by molar-refractivity contribution is 7.89. The average molecular weight is 355 g/mol. The van der Waals surface area contributed by atoms with Gasteiger partial charge in [-0.25, -0.2) is 13.6 Å². The summed E-state index contributed by atoms with van der Waals surface area (Å²) >= 11 is 0. The Bertz CT molecular complexity index is 694. The number of carbonyl (C=O) groups excluding carboxylic acids is 2. The van der Waals surface area contributed by atoms with E-state index in [-0.39, 0.29) is 29.2 Å². The van der Waals surface area contributed by atoms with E-state index in [2.05, 4.69) is 5.32 Å². The lowest BCUT2D eigenvalue weighted by Crippen LogP contribution is -2.42. The van der Waals surface area contributed by atoms with Gasteiger partial charge in [0.25, 0.3) is 0 Å². The Morgan fingerprint density at radius 2 is 1.83 bits per heavy atom. The monoisotopic (exact) mass is 355 g/mol. The summed E-state index contributed by atoms with van der Waals surface area (Å²) in [4.78, 5) is 25.7. The van der Waals surface area contributed by atoms with Crippen molar-refractivity contribution in [3.8, 4) is 0 Å². The van der Waals surface area contributed by atoms with Crippen molar-refractivity contribution < 1.29 is 22.7 Å². The molecule has 1 saturated heterocycles. The van der Waals surface area contributed by atoms with Gasteiger partial charge in [-0.05, 0) is 37.1 Å². The predicted octanol–water partition coefficient (Wildman–Crippen LogP) is 0.158. The molecule has 0 bridgehead atoms. The molecule has 0 radical (unpaired) electrons. The standard InChI is InChI=1S/C15H21N3O5S/c1-23-10-14(19)18-8-6-11(7-9-18)15(20)17-12-2-4-13(5-3-12)24(16,21)22/h2-5,11H,6-10H2,1H3,(H,17,20)(H2,16,21,22). The molecule has 2 rings (SSSR count). The van der Waals surface area contributed by atoms with Gasteiger partial charge in [0, 0.05) is 31.8 Å². The lowest BCUT2D eigenvalue weighted by Gasteiger charge is -2.31. The first-order valence-electron chi connectivity index (χ1n) is 7.51. The number of anilines is 1. The number of likely N-dealkylation sites (tertiary alicyclic amines) is 1. The molecule has 8 nitrogen and oxygen atoms in total. The van der Waals surface area contributed by atoms with Crippen molar-refractivity contribution in [2.45, 2.75) is 17.7 Å². The minimum atomic E-state index is -3.75. The Morgan fingerprint density at radius 3 is 2.33 bits per heavy atom. The van der Waals surface area contributed by atoms with Crippen molar-refractivity contribution >= 4 is 27.5 Å². The number of nitrogens with zero attached hydrogens (tertiary/aromatic N) is 1. The molecule has 0 spiro atoms. The first-order valence-corrected chi connectivity index (χ1v) is 9.06. The van der Waals surface area contributed by atoms with Crippen molar-refractivity contribution in [1.82, 2.24) is 4.90 Å². The topological polar surface area (TPSA) is 119 Å². The Morgan fingerprint density at radius 1 is 1.25 bits per heavy atom. The number of hydrogen-bond acceptors (Lipinski definition) is 5. The number of rotatable bonds is 5. The molecule has 1 heterocycles. The van der Waals surface area contributed by atoms with Crippen molar-refractivity contribution in [2.24, 2.45) is 11.1 Å². The molecule has 1 aliphatic rings. The summed E-state index contributed by atoms with van der Waals surface area (Å²) in [6.07, 6.45) is 1.16. The van der Waals surface area contributed by atoms with Crippen LogP contribution in [0.5, 0.6) is 0 Å². The Kier molecular flexibility index (Phi) is 5.92. The fourth-order valence-electron chi connectivity index (χ4n) is 2.58. The molecular weight excluding hydrogens is 334 g/mol. The molecule has 1 aliphatic heterocycles. The normalized spacial score (nSPS) is 16.0. The number of nitrogens with one attached hydrogen (secondary N) is 1. The van der Waals surface area contributed by atoms with Gasteiger partial charge in [0.05, 0.1) is 4.90 Å². The Labute approximate surface area is 141 Å². The van der Waals surface area contributed by atoms with Gasteiger partial charge in [0.2, 0.25) is 21.8 Å². The fourth-order valence-corrected chi connectivity index (χ4v) is 3.09. The molecule has 0 aliphatic carbocycles. The predicted molar refractivity (Wildman–Crippen MR) is 87.6 cm³/mol. The highest BCUT2D eigenvalue weighted by Crippen LogP contribution is 2.20. The molecular formula is C15H21N3O5S. The van der Waals surface area contributed by atoms with Crippen LogP contribution in [0, 0.1) is 5.92 Å². The van der Waals surface area contributed by atoms with Gasteiger partial charge in [0.15, 0.2) is 0 Å². The van der Waals surface area contributed by atoms with E-state index in [4.69, 9.17) is 9.88 Å². The smallest absolute Gasteiger partial charge is 0.248 e. The van der Waals surface area contributed by atoms with Crippen LogP contribution in [0.25, 0.3) is 0 Å². The molecule has 0 unspecified atom stereocenters. The largest absolute Gasteiger partial charge is 0.375 e. The van der Waals surface area contributed by atoms with Crippen molar-refractivity contribution in [3.05, 3.63) is 24.3 Å². The van der Waals surface area contributed by atoms with E-state index in [0.717, 1.165) is 0 Å². The number of carbonyl (C=O) groups is 2. The first-order chi connectivity index (χ1) is 11.3. The van der Waals surface area contributed by atoms with Gasteiger partial charge in [-0.3, -0.25) is 9.59 Å². The number of primary sulfonamides is 1. The highest BCUT2D eigenvalue weighted by atomic mass is 32.2. The highest BCUT2D eigenvalue weighted by Gasteiger charge is 2.27. The minimum absolute atomic E-state index is 0.00883. The molecule has 9 heteroatoms. The van der Waals surface area contributed by atoms with Crippen LogP contribution >= 0.6 is 0 Å². The second-order valence-corrected chi connectivity index (χ2v) is 7.21.